The third-order valence-corrected chi connectivity index (χ3v) is 3.60. The summed E-state index contributed by atoms with van der Waals surface area (Å²) in [5, 5.41) is 1.02. The van der Waals surface area contributed by atoms with Crippen LogP contribution in [0.1, 0.15) is 11.3 Å². The number of alkyl halides is 3. The van der Waals surface area contributed by atoms with Crippen molar-refractivity contribution in [1.82, 2.24) is 4.57 Å². The third kappa shape index (κ3) is 1.55. The van der Waals surface area contributed by atoms with Crippen LogP contribution in [0, 0.1) is 5.92 Å². The number of para-hydroxylation sites is 1. The summed E-state index contributed by atoms with van der Waals surface area (Å²) in [6.07, 6.45) is -1.25. The van der Waals surface area contributed by atoms with E-state index >= 15 is 0 Å². The van der Waals surface area contributed by atoms with Crippen LogP contribution >= 0.6 is 0 Å². The van der Waals surface area contributed by atoms with Crippen molar-refractivity contribution in [3.05, 3.63) is 41.6 Å². The van der Waals surface area contributed by atoms with E-state index in [-0.39, 0.29) is 6.42 Å². The van der Waals surface area contributed by atoms with Crippen molar-refractivity contribution in [1.29, 1.82) is 0 Å². The van der Waals surface area contributed by atoms with E-state index in [1.807, 2.05) is 35.9 Å². The van der Waals surface area contributed by atoms with Gasteiger partial charge in [0.2, 0.25) is 0 Å². The lowest BCUT2D eigenvalue weighted by Crippen LogP contribution is -2.25. The number of nitrogens with zero attached hydrogens (tertiary/aromatic N) is 1. The maximum absolute atomic E-state index is 12.8. The molecule has 1 aliphatic carbocycles. The van der Waals surface area contributed by atoms with Gasteiger partial charge in [0.25, 0.3) is 0 Å². The molecule has 18 heavy (non-hydrogen) atoms. The van der Waals surface area contributed by atoms with E-state index in [2.05, 4.69) is 0 Å². The number of allylic oxidation sites excluding steroid dienone is 1. The van der Waals surface area contributed by atoms with Crippen molar-refractivity contribution in [2.45, 2.75) is 12.6 Å². The highest BCUT2D eigenvalue weighted by atomic mass is 19.4. The lowest BCUT2D eigenvalue weighted by Gasteiger charge is -2.21. The molecule has 0 radical (unpaired) electrons. The minimum atomic E-state index is -4.16. The fourth-order valence-electron chi connectivity index (χ4n) is 2.62. The SMILES string of the molecule is Cn1c2c(c3ccccc31)C=CC(C(F)(F)F)C2. The van der Waals surface area contributed by atoms with Crippen molar-refractivity contribution in [2.24, 2.45) is 13.0 Å². The molecule has 4 heteroatoms. The molecule has 94 valence electrons. The highest BCUT2D eigenvalue weighted by Gasteiger charge is 2.40. The van der Waals surface area contributed by atoms with Gasteiger partial charge >= 0.3 is 6.18 Å². The van der Waals surface area contributed by atoms with Crippen molar-refractivity contribution < 1.29 is 13.2 Å². The van der Waals surface area contributed by atoms with Crippen LogP contribution in [0.3, 0.4) is 0 Å². The van der Waals surface area contributed by atoms with Gasteiger partial charge in [-0.1, -0.05) is 30.4 Å². The van der Waals surface area contributed by atoms with Crippen molar-refractivity contribution in [3.8, 4) is 0 Å². The second-order valence-electron chi connectivity index (χ2n) is 4.65. The summed E-state index contributed by atoms with van der Waals surface area (Å²) in [4.78, 5) is 0. The Morgan fingerprint density at radius 1 is 1.22 bits per heavy atom. The lowest BCUT2D eigenvalue weighted by atomic mass is 9.93. The van der Waals surface area contributed by atoms with Crippen LogP contribution in [0.2, 0.25) is 0 Å². The molecule has 0 N–H and O–H groups in total. The Kier molecular flexibility index (Phi) is 2.30. The maximum atomic E-state index is 12.8. The van der Waals surface area contributed by atoms with E-state index in [9.17, 15) is 13.2 Å². The molecule has 0 bridgehead atoms. The van der Waals surface area contributed by atoms with Gasteiger partial charge in [-0.25, -0.2) is 0 Å². The molecule has 1 unspecified atom stereocenters. The first-order valence-electron chi connectivity index (χ1n) is 5.79. The lowest BCUT2D eigenvalue weighted by molar-refractivity contribution is -0.161. The molecule has 1 aromatic carbocycles. The number of rotatable bonds is 0. The van der Waals surface area contributed by atoms with Gasteiger partial charge < -0.3 is 4.57 Å². The zero-order valence-corrected chi connectivity index (χ0v) is 9.83. The van der Waals surface area contributed by atoms with Crippen molar-refractivity contribution in [2.75, 3.05) is 0 Å². The minimum Gasteiger partial charge on any atom is -0.347 e. The van der Waals surface area contributed by atoms with Crippen LogP contribution in [0.25, 0.3) is 17.0 Å². The summed E-state index contributed by atoms with van der Waals surface area (Å²) >= 11 is 0. The van der Waals surface area contributed by atoms with Crippen LogP contribution < -0.4 is 0 Å². The van der Waals surface area contributed by atoms with E-state index in [1.165, 1.54) is 6.08 Å². The Morgan fingerprint density at radius 3 is 2.67 bits per heavy atom. The summed E-state index contributed by atoms with van der Waals surface area (Å²) in [7, 11) is 1.83. The predicted molar refractivity (Wildman–Crippen MR) is 65.2 cm³/mol. The average Bonchev–Trinajstić information content (AvgIpc) is 2.63. The minimum absolute atomic E-state index is 0.0283. The molecule has 0 fully saturated rings. The Balaban J connectivity index is 2.17. The normalized spacial score (nSPS) is 19.2. The van der Waals surface area contributed by atoms with E-state index in [0.29, 0.717) is 0 Å². The monoisotopic (exact) mass is 251 g/mol. The van der Waals surface area contributed by atoms with Crippen molar-refractivity contribution in [3.63, 3.8) is 0 Å². The zero-order chi connectivity index (χ0) is 12.9. The fraction of sp³-hybridized carbons (Fsp3) is 0.286. The quantitative estimate of drug-likeness (QED) is 0.668. The van der Waals surface area contributed by atoms with E-state index in [1.54, 1.807) is 6.08 Å². The van der Waals surface area contributed by atoms with Gasteiger partial charge in [-0.2, -0.15) is 13.2 Å². The van der Waals surface area contributed by atoms with E-state index < -0.39 is 12.1 Å². The van der Waals surface area contributed by atoms with Gasteiger partial charge in [-0.3, -0.25) is 0 Å². The van der Waals surface area contributed by atoms with Crippen LogP contribution in [0.15, 0.2) is 30.3 Å². The summed E-state index contributed by atoms with van der Waals surface area (Å²) in [5.41, 5.74) is 2.67. The van der Waals surface area contributed by atoms with Gasteiger partial charge in [0, 0.05) is 35.6 Å². The zero-order valence-electron chi connectivity index (χ0n) is 9.83. The number of aryl methyl sites for hydroxylation is 1. The smallest absolute Gasteiger partial charge is 0.347 e. The molecule has 0 saturated carbocycles. The Bertz CT molecular complexity index is 634. The number of benzene rings is 1. The molecule has 1 aromatic heterocycles. The summed E-state index contributed by atoms with van der Waals surface area (Å²) in [6.45, 7) is 0. The molecule has 1 nitrogen and oxygen atoms in total. The van der Waals surface area contributed by atoms with Crippen molar-refractivity contribution >= 4 is 17.0 Å². The molecular weight excluding hydrogens is 239 g/mol. The molecule has 0 saturated heterocycles. The summed E-state index contributed by atoms with van der Waals surface area (Å²) in [5.74, 6) is -1.37. The molecule has 3 rings (SSSR count). The van der Waals surface area contributed by atoms with Crippen LogP contribution in [0.4, 0.5) is 13.2 Å². The number of hydrogen-bond donors (Lipinski definition) is 0. The first-order valence-corrected chi connectivity index (χ1v) is 5.79. The second-order valence-corrected chi connectivity index (χ2v) is 4.65. The van der Waals surface area contributed by atoms with Gasteiger partial charge in [0.05, 0.1) is 5.92 Å². The highest BCUT2D eigenvalue weighted by molar-refractivity contribution is 5.91. The Hall–Kier alpha value is -1.71. The van der Waals surface area contributed by atoms with Crippen LogP contribution in [-0.2, 0) is 13.5 Å². The largest absolute Gasteiger partial charge is 0.395 e. The van der Waals surface area contributed by atoms with Crippen LogP contribution in [0.5, 0.6) is 0 Å². The molecule has 2 aromatic rings. The summed E-state index contributed by atoms with van der Waals surface area (Å²) < 4.78 is 40.2. The number of halogens is 3. The van der Waals surface area contributed by atoms with Gasteiger partial charge in [0.15, 0.2) is 0 Å². The molecular formula is C14H12F3N. The predicted octanol–water partition coefficient (Wildman–Crippen LogP) is 3.93. The van der Waals surface area contributed by atoms with Gasteiger partial charge in [0.1, 0.15) is 0 Å². The highest BCUT2D eigenvalue weighted by Crippen LogP contribution is 2.38. The number of aromatic nitrogens is 1. The molecule has 0 spiro atoms. The Morgan fingerprint density at radius 2 is 1.94 bits per heavy atom. The molecule has 0 aliphatic heterocycles. The third-order valence-electron chi connectivity index (χ3n) is 3.60. The fourth-order valence-corrected chi connectivity index (χ4v) is 2.62. The first-order chi connectivity index (χ1) is 8.48. The topological polar surface area (TPSA) is 4.93 Å². The number of fused-ring (bicyclic) bond motifs is 3. The van der Waals surface area contributed by atoms with Gasteiger partial charge in [-0.15, -0.1) is 0 Å². The number of hydrogen-bond acceptors (Lipinski definition) is 0. The molecule has 1 atom stereocenters. The molecule has 1 aliphatic rings. The molecule has 0 amide bonds. The van der Waals surface area contributed by atoms with E-state index in [0.717, 1.165) is 22.2 Å². The van der Waals surface area contributed by atoms with Gasteiger partial charge in [-0.05, 0) is 6.07 Å². The second kappa shape index (κ2) is 3.64. The van der Waals surface area contributed by atoms with Crippen LogP contribution in [-0.4, -0.2) is 10.7 Å². The first kappa shape index (κ1) is 11.4. The maximum Gasteiger partial charge on any atom is 0.395 e. The summed E-state index contributed by atoms with van der Waals surface area (Å²) in [6, 6.07) is 7.70. The van der Waals surface area contributed by atoms with E-state index in [4.69, 9.17) is 0 Å². The average molecular weight is 251 g/mol. The molecule has 1 heterocycles. The standard InChI is InChI=1S/C14H12F3N/c1-18-12-5-3-2-4-10(12)11-7-6-9(8-13(11)18)14(15,16)17/h2-7,9H,8H2,1H3. The Labute approximate surface area is 103 Å².